The Morgan fingerprint density at radius 3 is 2.57 bits per heavy atom. The SMILES string of the molecule is OCCN(Cc1cccnc1)CC(O)c1ccc(F)cc1. The van der Waals surface area contributed by atoms with Crippen molar-refractivity contribution in [1.82, 2.24) is 9.88 Å². The highest BCUT2D eigenvalue weighted by atomic mass is 19.1. The second-order valence-corrected chi connectivity index (χ2v) is 4.89. The van der Waals surface area contributed by atoms with E-state index >= 15 is 0 Å². The molecule has 2 aromatic rings. The van der Waals surface area contributed by atoms with Crippen LogP contribution in [0.3, 0.4) is 0 Å². The lowest BCUT2D eigenvalue weighted by atomic mass is 10.1. The predicted octanol–water partition coefficient (Wildman–Crippen LogP) is 1.75. The van der Waals surface area contributed by atoms with Gasteiger partial charge in [0.2, 0.25) is 0 Å². The van der Waals surface area contributed by atoms with Crippen molar-refractivity contribution in [3.63, 3.8) is 0 Å². The normalized spacial score (nSPS) is 12.6. The van der Waals surface area contributed by atoms with E-state index in [0.717, 1.165) is 5.56 Å². The van der Waals surface area contributed by atoms with Crippen molar-refractivity contribution in [2.24, 2.45) is 0 Å². The van der Waals surface area contributed by atoms with Gasteiger partial charge in [0.15, 0.2) is 0 Å². The zero-order valence-corrected chi connectivity index (χ0v) is 11.7. The van der Waals surface area contributed by atoms with E-state index in [4.69, 9.17) is 5.11 Å². The highest BCUT2D eigenvalue weighted by Crippen LogP contribution is 2.16. The summed E-state index contributed by atoms with van der Waals surface area (Å²) in [5.74, 6) is -0.325. The average molecular weight is 290 g/mol. The van der Waals surface area contributed by atoms with E-state index in [1.54, 1.807) is 24.5 Å². The molecule has 0 bridgehead atoms. The number of benzene rings is 1. The van der Waals surface area contributed by atoms with Crippen molar-refractivity contribution < 1.29 is 14.6 Å². The molecule has 112 valence electrons. The molecular formula is C16H19FN2O2. The second kappa shape index (κ2) is 7.83. The van der Waals surface area contributed by atoms with Gasteiger partial charge in [-0.25, -0.2) is 4.39 Å². The molecule has 0 radical (unpaired) electrons. The average Bonchev–Trinajstić information content (AvgIpc) is 2.49. The van der Waals surface area contributed by atoms with Crippen LogP contribution in [0.15, 0.2) is 48.8 Å². The second-order valence-electron chi connectivity index (χ2n) is 4.89. The summed E-state index contributed by atoms with van der Waals surface area (Å²) in [5.41, 5.74) is 1.67. The maximum absolute atomic E-state index is 12.9. The largest absolute Gasteiger partial charge is 0.395 e. The molecule has 0 aliphatic carbocycles. The molecule has 1 atom stereocenters. The van der Waals surface area contributed by atoms with Crippen molar-refractivity contribution in [2.75, 3.05) is 19.7 Å². The molecule has 0 aliphatic rings. The molecule has 0 aliphatic heterocycles. The first kappa shape index (κ1) is 15.6. The topological polar surface area (TPSA) is 56.6 Å². The quantitative estimate of drug-likeness (QED) is 0.815. The minimum absolute atomic E-state index is 0.0103. The molecule has 0 amide bonds. The highest BCUT2D eigenvalue weighted by Gasteiger charge is 2.14. The molecule has 1 heterocycles. The summed E-state index contributed by atoms with van der Waals surface area (Å²) in [4.78, 5) is 5.99. The van der Waals surface area contributed by atoms with Crippen LogP contribution in [0.4, 0.5) is 4.39 Å². The summed E-state index contributed by atoms with van der Waals surface area (Å²) >= 11 is 0. The highest BCUT2D eigenvalue weighted by molar-refractivity contribution is 5.19. The number of aromatic nitrogens is 1. The number of aliphatic hydroxyl groups excluding tert-OH is 2. The molecule has 5 heteroatoms. The van der Waals surface area contributed by atoms with Gasteiger partial charge in [-0.15, -0.1) is 0 Å². The summed E-state index contributed by atoms with van der Waals surface area (Å²) in [6.07, 6.45) is 2.73. The summed E-state index contributed by atoms with van der Waals surface area (Å²) in [5, 5.41) is 19.4. The minimum Gasteiger partial charge on any atom is -0.395 e. The molecule has 1 unspecified atom stereocenters. The van der Waals surface area contributed by atoms with Crippen molar-refractivity contribution >= 4 is 0 Å². The van der Waals surface area contributed by atoms with Crippen molar-refractivity contribution in [3.8, 4) is 0 Å². The van der Waals surface area contributed by atoms with E-state index in [9.17, 15) is 9.50 Å². The van der Waals surface area contributed by atoms with Crippen LogP contribution in [0.1, 0.15) is 17.2 Å². The number of rotatable bonds is 7. The third-order valence-electron chi connectivity index (χ3n) is 3.23. The Hall–Kier alpha value is -1.82. The maximum atomic E-state index is 12.9. The molecule has 0 fully saturated rings. The van der Waals surface area contributed by atoms with Gasteiger partial charge >= 0.3 is 0 Å². The zero-order valence-electron chi connectivity index (χ0n) is 11.7. The smallest absolute Gasteiger partial charge is 0.123 e. The van der Waals surface area contributed by atoms with Crippen LogP contribution in [0.2, 0.25) is 0 Å². The Labute approximate surface area is 123 Å². The Morgan fingerprint density at radius 2 is 1.95 bits per heavy atom. The van der Waals surface area contributed by atoms with Crippen LogP contribution in [-0.4, -0.2) is 39.8 Å². The van der Waals surface area contributed by atoms with E-state index in [1.807, 2.05) is 17.0 Å². The first-order valence-electron chi connectivity index (χ1n) is 6.84. The van der Waals surface area contributed by atoms with E-state index in [0.29, 0.717) is 25.2 Å². The molecule has 1 aromatic heterocycles. The zero-order chi connectivity index (χ0) is 15.1. The number of halogens is 1. The molecule has 2 rings (SSSR count). The molecule has 2 N–H and O–H groups in total. The lowest BCUT2D eigenvalue weighted by Gasteiger charge is -2.24. The molecular weight excluding hydrogens is 271 g/mol. The number of hydrogen-bond acceptors (Lipinski definition) is 4. The van der Waals surface area contributed by atoms with E-state index in [-0.39, 0.29) is 12.4 Å². The van der Waals surface area contributed by atoms with Crippen molar-refractivity contribution in [3.05, 3.63) is 65.7 Å². The van der Waals surface area contributed by atoms with Gasteiger partial charge in [0.25, 0.3) is 0 Å². The third kappa shape index (κ3) is 4.90. The van der Waals surface area contributed by atoms with Crippen LogP contribution < -0.4 is 0 Å². The lowest BCUT2D eigenvalue weighted by molar-refractivity contribution is 0.0956. The Bertz CT molecular complexity index is 534. The Kier molecular flexibility index (Phi) is 5.80. The first-order chi connectivity index (χ1) is 10.2. The van der Waals surface area contributed by atoms with Gasteiger partial charge in [-0.1, -0.05) is 18.2 Å². The van der Waals surface area contributed by atoms with Gasteiger partial charge in [-0.2, -0.15) is 0 Å². The molecule has 21 heavy (non-hydrogen) atoms. The fraction of sp³-hybridized carbons (Fsp3) is 0.312. The third-order valence-corrected chi connectivity index (χ3v) is 3.23. The summed E-state index contributed by atoms with van der Waals surface area (Å²) in [6.45, 7) is 1.41. The first-order valence-corrected chi connectivity index (χ1v) is 6.84. The Morgan fingerprint density at radius 1 is 1.19 bits per heavy atom. The van der Waals surface area contributed by atoms with Crippen molar-refractivity contribution in [1.29, 1.82) is 0 Å². The van der Waals surface area contributed by atoms with Gasteiger partial charge in [-0.05, 0) is 29.3 Å². The Balaban J connectivity index is 2.00. The molecule has 4 nitrogen and oxygen atoms in total. The van der Waals surface area contributed by atoms with Crippen LogP contribution in [0, 0.1) is 5.82 Å². The number of aliphatic hydroxyl groups is 2. The van der Waals surface area contributed by atoms with Crippen LogP contribution in [0.25, 0.3) is 0 Å². The van der Waals surface area contributed by atoms with E-state index < -0.39 is 6.10 Å². The van der Waals surface area contributed by atoms with Gasteiger partial charge in [0.1, 0.15) is 5.82 Å². The molecule has 0 spiro atoms. The van der Waals surface area contributed by atoms with Crippen LogP contribution in [-0.2, 0) is 6.54 Å². The fourth-order valence-corrected chi connectivity index (χ4v) is 2.16. The van der Waals surface area contributed by atoms with Crippen molar-refractivity contribution in [2.45, 2.75) is 12.6 Å². The molecule has 1 aromatic carbocycles. The van der Waals surface area contributed by atoms with Crippen LogP contribution in [0.5, 0.6) is 0 Å². The standard InChI is InChI=1S/C16H19FN2O2/c17-15-5-3-14(4-6-15)16(21)12-19(8-9-20)11-13-2-1-7-18-10-13/h1-7,10,16,20-21H,8-9,11-12H2. The maximum Gasteiger partial charge on any atom is 0.123 e. The van der Waals surface area contributed by atoms with Gasteiger partial charge in [0.05, 0.1) is 12.7 Å². The fourth-order valence-electron chi connectivity index (χ4n) is 2.16. The number of hydrogen-bond donors (Lipinski definition) is 2. The molecule has 0 saturated heterocycles. The lowest BCUT2D eigenvalue weighted by Crippen LogP contribution is -2.31. The number of pyridine rings is 1. The van der Waals surface area contributed by atoms with Gasteiger partial charge < -0.3 is 10.2 Å². The number of nitrogens with zero attached hydrogens (tertiary/aromatic N) is 2. The van der Waals surface area contributed by atoms with E-state index in [2.05, 4.69) is 4.98 Å². The minimum atomic E-state index is -0.728. The van der Waals surface area contributed by atoms with Gasteiger partial charge in [0, 0.05) is 32.0 Å². The summed E-state index contributed by atoms with van der Waals surface area (Å²) < 4.78 is 12.9. The van der Waals surface area contributed by atoms with Crippen LogP contribution >= 0.6 is 0 Å². The monoisotopic (exact) mass is 290 g/mol. The predicted molar refractivity (Wildman–Crippen MR) is 78.0 cm³/mol. The summed E-state index contributed by atoms with van der Waals surface area (Å²) in [6, 6.07) is 9.60. The summed E-state index contributed by atoms with van der Waals surface area (Å²) in [7, 11) is 0. The molecule has 0 saturated carbocycles. The van der Waals surface area contributed by atoms with E-state index in [1.165, 1.54) is 12.1 Å². The van der Waals surface area contributed by atoms with Gasteiger partial charge in [-0.3, -0.25) is 9.88 Å².